The molecule has 0 aliphatic rings. The molecule has 6 heteroatoms. The second-order valence-electron chi connectivity index (χ2n) is 5.10. The lowest BCUT2D eigenvalue weighted by molar-refractivity contribution is -0.119. The molecule has 0 atom stereocenters. The Balaban J connectivity index is 1.92. The Morgan fingerprint density at radius 3 is 2.48 bits per heavy atom. The smallest absolute Gasteiger partial charge is 0.372 e. The topological polar surface area (TPSA) is 69.3 Å². The molecule has 2 aromatic carbocycles. The molecule has 116 valence electrons. The van der Waals surface area contributed by atoms with Crippen LogP contribution in [-0.4, -0.2) is 10.4 Å². The first kappa shape index (κ1) is 14.9. The number of halogens is 1. The van der Waals surface area contributed by atoms with Gasteiger partial charge in [-0.3, -0.25) is 9.36 Å². The molecular weight excluding hydrogens is 301 g/mol. The Morgan fingerprint density at radius 2 is 1.74 bits per heavy atom. The van der Waals surface area contributed by atoms with E-state index in [1.807, 2.05) is 0 Å². The zero-order valence-corrected chi connectivity index (χ0v) is 12.0. The third-order valence-electron chi connectivity index (χ3n) is 3.46. The van der Waals surface area contributed by atoms with E-state index < -0.39 is 11.4 Å². The Labute approximate surface area is 129 Å². The number of hydrogen-bond donors (Lipinski definition) is 0. The van der Waals surface area contributed by atoms with Crippen LogP contribution in [0.3, 0.4) is 0 Å². The lowest BCUT2D eigenvalue weighted by atomic mass is 10.1. The maximum atomic E-state index is 12.9. The molecule has 3 rings (SSSR count). The first-order valence-corrected chi connectivity index (χ1v) is 6.93. The molecule has 23 heavy (non-hydrogen) atoms. The van der Waals surface area contributed by atoms with Gasteiger partial charge in [0, 0.05) is 6.42 Å². The van der Waals surface area contributed by atoms with Gasteiger partial charge in [-0.25, -0.2) is 14.0 Å². The summed E-state index contributed by atoms with van der Waals surface area (Å²) in [5, 5.41) is 0.238. The second-order valence-corrected chi connectivity index (χ2v) is 5.10. The van der Waals surface area contributed by atoms with E-state index in [9.17, 15) is 18.8 Å². The van der Waals surface area contributed by atoms with E-state index >= 15 is 0 Å². The molecule has 0 saturated carbocycles. The van der Waals surface area contributed by atoms with Crippen LogP contribution in [0.15, 0.2) is 62.5 Å². The van der Waals surface area contributed by atoms with Crippen LogP contribution in [-0.2, 0) is 17.8 Å². The van der Waals surface area contributed by atoms with Crippen molar-refractivity contribution in [1.29, 1.82) is 0 Å². The fourth-order valence-electron chi connectivity index (χ4n) is 2.38. The van der Waals surface area contributed by atoms with Gasteiger partial charge in [0.15, 0.2) is 5.78 Å². The summed E-state index contributed by atoms with van der Waals surface area (Å²) in [4.78, 5) is 35.7. The van der Waals surface area contributed by atoms with Gasteiger partial charge in [0.05, 0.1) is 17.4 Å². The first-order valence-electron chi connectivity index (χ1n) is 6.93. The number of Topliss-reactive ketones (excluding diaryl/α,β-unsaturated/α-hetero) is 1. The molecule has 0 amide bonds. The second kappa shape index (κ2) is 6.00. The Hall–Kier alpha value is -3.02. The molecule has 0 spiro atoms. The zero-order valence-electron chi connectivity index (χ0n) is 12.0. The maximum absolute atomic E-state index is 12.9. The third kappa shape index (κ3) is 3.11. The molecule has 0 aliphatic carbocycles. The molecule has 1 aromatic heterocycles. The van der Waals surface area contributed by atoms with Crippen molar-refractivity contribution in [3.8, 4) is 0 Å². The van der Waals surface area contributed by atoms with Gasteiger partial charge < -0.3 is 4.42 Å². The molecule has 3 aromatic rings. The van der Waals surface area contributed by atoms with Crippen LogP contribution in [0.5, 0.6) is 0 Å². The molecule has 0 aliphatic heterocycles. The predicted octanol–water partition coefficient (Wildman–Crippen LogP) is 1.91. The van der Waals surface area contributed by atoms with E-state index in [2.05, 4.69) is 4.42 Å². The number of rotatable bonds is 4. The Morgan fingerprint density at radius 1 is 1.04 bits per heavy atom. The molecule has 0 saturated heterocycles. The average Bonchev–Trinajstić information content (AvgIpc) is 2.54. The Bertz CT molecular complexity index is 986. The van der Waals surface area contributed by atoms with Crippen LogP contribution in [0, 0.1) is 5.82 Å². The van der Waals surface area contributed by atoms with Gasteiger partial charge in [-0.2, -0.15) is 0 Å². The molecule has 0 bridgehead atoms. The van der Waals surface area contributed by atoms with Crippen molar-refractivity contribution in [2.24, 2.45) is 0 Å². The fraction of sp³-hybridized carbons (Fsp3) is 0.118. The minimum atomic E-state index is -0.874. The highest BCUT2D eigenvalue weighted by atomic mass is 19.1. The number of carbonyl (C=O) groups is 1. The van der Waals surface area contributed by atoms with Crippen LogP contribution in [0.25, 0.3) is 10.9 Å². The molecular formula is C17H12FNO4. The molecule has 1 heterocycles. The van der Waals surface area contributed by atoms with Crippen molar-refractivity contribution in [1.82, 2.24) is 4.57 Å². The summed E-state index contributed by atoms with van der Waals surface area (Å²) in [6.45, 7) is -0.222. The summed E-state index contributed by atoms with van der Waals surface area (Å²) in [6.07, 6.45) is 0.0557. The molecule has 0 N–H and O–H groups in total. The standard InChI is InChI=1S/C17H12FNO4/c18-12-7-5-11(6-8-12)9-13(20)10-19-15-4-2-1-3-14(15)16(21)23-17(19)22/h1-8H,9-10H2. The number of benzene rings is 2. The first-order chi connectivity index (χ1) is 11.0. The molecule has 0 radical (unpaired) electrons. The number of hydrogen-bond acceptors (Lipinski definition) is 4. The zero-order chi connectivity index (χ0) is 16.4. The molecule has 5 nitrogen and oxygen atoms in total. The van der Waals surface area contributed by atoms with Crippen LogP contribution in [0.2, 0.25) is 0 Å². The van der Waals surface area contributed by atoms with E-state index in [-0.39, 0.29) is 30.0 Å². The maximum Gasteiger partial charge on any atom is 0.422 e. The van der Waals surface area contributed by atoms with Crippen molar-refractivity contribution in [3.63, 3.8) is 0 Å². The Kier molecular flexibility index (Phi) is 3.89. The molecule has 0 unspecified atom stereocenters. The summed E-state index contributed by atoms with van der Waals surface area (Å²) in [5.41, 5.74) is 0.264. The highest BCUT2D eigenvalue weighted by Gasteiger charge is 2.12. The van der Waals surface area contributed by atoms with Crippen molar-refractivity contribution in [2.75, 3.05) is 0 Å². The number of para-hydroxylation sites is 1. The summed E-state index contributed by atoms with van der Waals surface area (Å²) in [5.74, 6) is -1.51. The minimum Gasteiger partial charge on any atom is -0.372 e. The number of ketones is 1. The lowest BCUT2D eigenvalue weighted by Crippen LogP contribution is -2.28. The summed E-state index contributed by atoms with van der Waals surface area (Å²) in [6, 6.07) is 12.0. The third-order valence-corrected chi connectivity index (χ3v) is 3.46. The van der Waals surface area contributed by atoms with E-state index in [1.165, 1.54) is 30.3 Å². The van der Waals surface area contributed by atoms with Gasteiger partial charge in [-0.1, -0.05) is 24.3 Å². The van der Waals surface area contributed by atoms with E-state index in [0.29, 0.717) is 11.1 Å². The lowest BCUT2D eigenvalue weighted by Gasteiger charge is -2.07. The van der Waals surface area contributed by atoms with Gasteiger partial charge in [0.2, 0.25) is 0 Å². The summed E-state index contributed by atoms with van der Waals surface area (Å²) < 4.78 is 18.6. The van der Waals surface area contributed by atoms with Crippen LogP contribution in [0.1, 0.15) is 5.56 Å². The highest BCUT2D eigenvalue weighted by molar-refractivity contribution is 5.83. The number of fused-ring (bicyclic) bond motifs is 1. The van der Waals surface area contributed by atoms with Gasteiger partial charge >= 0.3 is 11.4 Å². The van der Waals surface area contributed by atoms with Crippen molar-refractivity contribution in [2.45, 2.75) is 13.0 Å². The van der Waals surface area contributed by atoms with Crippen molar-refractivity contribution in [3.05, 3.63) is 80.9 Å². The predicted molar refractivity (Wildman–Crippen MR) is 81.9 cm³/mol. The largest absolute Gasteiger partial charge is 0.422 e. The van der Waals surface area contributed by atoms with E-state index in [0.717, 1.165) is 4.57 Å². The van der Waals surface area contributed by atoms with Gasteiger partial charge in [0.25, 0.3) is 0 Å². The normalized spacial score (nSPS) is 10.8. The molecule has 0 fully saturated rings. The van der Waals surface area contributed by atoms with Crippen LogP contribution in [0.4, 0.5) is 4.39 Å². The van der Waals surface area contributed by atoms with Gasteiger partial charge in [0.1, 0.15) is 5.82 Å². The quantitative estimate of drug-likeness (QED) is 0.738. The SMILES string of the molecule is O=C(Cc1ccc(F)cc1)Cn1c(=O)oc(=O)c2ccccc21. The van der Waals surface area contributed by atoms with E-state index in [4.69, 9.17) is 0 Å². The van der Waals surface area contributed by atoms with Gasteiger partial charge in [-0.05, 0) is 29.8 Å². The van der Waals surface area contributed by atoms with Crippen LogP contribution >= 0.6 is 0 Å². The van der Waals surface area contributed by atoms with Crippen LogP contribution < -0.4 is 11.4 Å². The van der Waals surface area contributed by atoms with E-state index in [1.54, 1.807) is 18.2 Å². The summed E-state index contributed by atoms with van der Waals surface area (Å²) in [7, 11) is 0. The minimum absolute atomic E-state index is 0.0557. The number of nitrogens with zero attached hydrogens (tertiary/aromatic N) is 1. The summed E-state index contributed by atoms with van der Waals surface area (Å²) >= 11 is 0. The van der Waals surface area contributed by atoms with Crippen molar-refractivity contribution >= 4 is 16.7 Å². The highest BCUT2D eigenvalue weighted by Crippen LogP contribution is 2.09. The van der Waals surface area contributed by atoms with Gasteiger partial charge in [-0.15, -0.1) is 0 Å². The average molecular weight is 313 g/mol. The monoisotopic (exact) mass is 313 g/mol. The van der Waals surface area contributed by atoms with Crippen molar-refractivity contribution < 1.29 is 13.6 Å². The fourth-order valence-corrected chi connectivity index (χ4v) is 2.38. The number of aromatic nitrogens is 1. The number of carbonyl (C=O) groups excluding carboxylic acids is 1.